The Balaban J connectivity index is 1.78. The number of aromatic nitrogens is 2. The molecule has 0 aliphatic carbocycles. The Morgan fingerprint density at radius 1 is 1.52 bits per heavy atom. The number of hydrogen-bond donors (Lipinski definition) is 2. The lowest BCUT2D eigenvalue weighted by atomic mass is 10.1. The molecule has 0 bridgehead atoms. The maximum Gasteiger partial charge on any atom is 0.414 e. The van der Waals surface area contributed by atoms with E-state index < -0.39 is 17.4 Å². The zero-order valence-corrected chi connectivity index (χ0v) is 16.8. The van der Waals surface area contributed by atoms with Crippen LogP contribution in [0.1, 0.15) is 25.8 Å². The van der Waals surface area contributed by atoms with E-state index in [2.05, 4.69) is 15.5 Å². The number of nitrogens with zero attached hydrogens (tertiary/aromatic N) is 3. The molecule has 1 aliphatic rings. The Bertz CT molecular complexity index is 880. The van der Waals surface area contributed by atoms with Crippen molar-refractivity contribution in [3.8, 4) is 10.6 Å². The molecule has 1 fully saturated rings. The van der Waals surface area contributed by atoms with Gasteiger partial charge in [0.05, 0.1) is 29.3 Å². The zero-order valence-electron chi connectivity index (χ0n) is 15.2. The number of nitrogens with two attached hydrogens (primary N) is 1. The number of nitrogens with one attached hydrogen (secondary N) is 1. The van der Waals surface area contributed by atoms with E-state index in [0.717, 1.165) is 0 Å². The minimum absolute atomic E-state index is 0.314. The lowest BCUT2D eigenvalue weighted by molar-refractivity contribution is 0.143. The Morgan fingerprint density at radius 2 is 2.26 bits per heavy atom. The van der Waals surface area contributed by atoms with Gasteiger partial charge in [-0.2, -0.15) is 0 Å². The molecule has 1 aliphatic heterocycles. The molecule has 0 saturated carbocycles. The Labute approximate surface area is 165 Å². The minimum atomic E-state index is -0.643. The van der Waals surface area contributed by atoms with E-state index in [-0.39, 0.29) is 6.10 Å². The lowest BCUT2D eigenvalue weighted by Gasteiger charge is -2.14. The van der Waals surface area contributed by atoms with Gasteiger partial charge in [0.1, 0.15) is 16.9 Å². The molecule has 1 aromatic heterocycles. The van der Waals surface area contributed by atoms with Crippen LogP contribution in [0.25, 0.3) is 10.6 Å². The number of cyclic esters (lactones) is 1. The van der Waals surface area contributed by atoms with E-state index >= 15 is 0 Å². The number of ether oxygens (including phenoxy) is 1. The van der Waals surface area contributed by atoms with Crippen LogP contribution < -0.4 is 16.0 Å². The van der Waals surface area contributed by atoms with Gasteiger partial charge in [0.25, 0.3) is 0 Å². The van der Waals surface area contributed by atoms with Gasteiger partial charge in [-0.3, -0.25) is 4.90 Å². The van der Waals surface area contributed by atoms with Crippen LogP contribution >= 0.6 is 23.6 Å². The Morgan fingerprint density at radius 3 is 2.85 bits per heavy atom. The summed E-state index contributed by atoms with van der Waals surface area (Å²) in [6.07, 6.45) is -0.866. The average Bonchev–Trinajstić information content (AvgIpc) is 3.19. The van der Waals surface area contributed by atoms with E-state index in [1.54, 1.807) is 19.1 Å². The second-order valence-corrected chi connectivity index (χ2v) is 8.44. The first-order valence-electron chi connectivity index (χ1n) is 8.30. The summed E-state index contributed by atoms with van der Waals surface area (Å²) < 4.78 is 20.0. The number of hydrogen-bond acceptors (Lipinski definition) is 7. The number of amides is 1. The van der Waals surface area contributed by atoms with Gasteiger partial charge in [-0.15, -0.1) is 10.2 Å². The van der Waals surface area contributed by atoms with Crippen LogP contribution in [0.2, 0.25) is 0 Å². The lowest BCUT2D eigenvalue weighted by Crippen LogP contribution is -2.32. The third-order valence-electron chi connectivity index (χ3n) is 3.92. The molecular formula is C17H20FN5O2S2. The van der Waals surface area contributed by atoms with E-state index in [9.17, 15) is 9.18 Å². The largest absolute Gasteiger partial charge is 0.442 e. The number of benzene rings is 1. The van der Waals surface area contributed by atoms with Crippen molar-refractivity contribution in [2.24, 2.45) is 5.73 Å². The predicted octanol–water partition coefficient (Wildman–Crippen LogP) is 2.80. The van der Waals surface area contributed by atoms with E-state index in [1.165, 1.54) is 22.3 Å². The van der Waals surface area contributed by atoms with Crippen molar-refractivity contribution in [1.29, 1.82) is 0 Å². The Hall–Kier alpha value is -2.17. The molecule has 1 aromatic carbocycles. The molecule has 0 unspecified atom stereocenters. The topological polar surface area (TPSA) is 93.4 Å². The first kappa shape index (κ1) is 19.6. The molecule has 3 N–H and O–H groups in total. The summed E-state index contributed by atoms with van der Waals surface area (Å²) in [6, 6.07) is 4.54. The molecule has 2 heterocycles. The van der Waals surface area contributed by atoms with E-state index in [4.69, 9.17) is 22.7 Å². The van der Waals surface area contributed by atoms with Gasteiger partial charge >= 0.3 is 6.09 Å². The number of halogens is 1. The zero-order chi connectivity index (χ0) is 19.8. The van der Waals surface area contributed by atoms with Crippen LogP contribution in [0.4, 0.5) is 14.9 Å². The van der Waals surface area contributed by atoms with Crippen molar-refractivity contribution in [2.45, 2.75) is 32.4 Å². The van der Waals surface area contributed by atoms with Crippen molar-refractivity contribution in [3.63, 3.8) is 0 Å². The van der Waals surface area contributed by atoms with Gasteiger partial charge in [-0.1, -0.05) is 23.6 Å². The molecule has 3 rings (SSSR count). The standard InChI is InChI=1S/C17H20FN5O2S2/c1-9(26)20-7-11-8-23(16(24)25-11)10-4-5-12(13(18)6-10)14-21-22-15(27-14)17(2,3)19/h4-6,11H,7-8,19H2,1-3H3,(H,20,26)/t11-/m0/s1. The number of carbonyl (C=O) groups excluding carboxylic acids is 1. The second kappa shape index (κ2) is 7.45. The smallest absolute Gasteiger partial charge is 0.414 e. The van der Waals surface area contributed by atoms with Crippen LogP contribution in [-0.4, -0.2) is 40.5 Å². The fourth-order valence-electron chi connectivity index (χ4n) is 2.53. The first-order chi connectivity index (χ1) is 12.6. The molecular weight excluding hydrogens is 389 g/mol. The van der Waals surface area contributed by atoms with Gasteiger partial charge in [-0.05, 0) is 39.0 Å². The summed E-state index contributed by atoms with van der Waals surface area (Å²) in [5.41, 5.74) is 6.10. The highest BCUT2D eigenvalue weighted by Gasteiger charge is 2.32. The molecule has 10 heteroatoms. The van der Waals surface area contributed by atoms with Crippen LogP contribution in [0.5, 0.6) is 0 Å². The second-order valence-electron chi connectivity index (χ2n) is 6.85. The van der Waals surface area contributed by atoms with Crippen LogP contribution in [0.15, 0.2) is 18.2 Å². The number of rotatable bonds is 5. The van der Waals surface area contributed by atoms with Gasteiger partial charge in [0, 0.05) is 5.56 Å². The Kier molecular flexibility index (Phi) is 5.41. The highest BCUT2D eigenvalue weighted by molar-refractivity contribution is 7.80. The van der Waals surface area contributed by atoms with Gasteiger partial charge in [0.2, 0.25) is 0 Å². The van der Waals surface area contributed by atoms with Crippen LogP contribution in [-0.2, 0) is 10.3 Å². The maximum absolute atomic E-state index is 14.7. The quantitative estimate of drug-likeness (QED) is 0.734. The van der Waals surface area contributed by atoms with Crippen LogP contribution in [0.3, 0.4) is 0 Å². The normalized spacial score (nSPS) is 17.1. The third kappa shape index (κ3) is 4.40. The first-order valence-corrected chi connectivity index (χ1v) is 9.53. The van der Waals surface area contributed by atoms with E-state index in [1.807, 2.05) is 13.8 Å². The minimum Gasteiger partial charge on any atom is -0.442 e. The third-order valence-corrected chi connectivity index (χ3v) is 5.36. The summed E-state index contributed by atoms with van der Waals surface area (Å²) in [5.74, 6) is -0.492. The van der Waals surface area contributed by atoms with Gasteiger partial charge in [0.15, 0.2) is 5.01 Å². The van der Waals surface area contributed by atoms with Crippen molar-refractivity contribution in [2.75, 3.05) is 18.0 Å². The number of carbonyl (C=O) groups is 1. The summed E-state index contributed by atoms with van der Waals surface area (Å²) in [5, 5.41) is 12.1. The van der Waals surface area contributed by atoms with Gasteiger partial charge < -0.3 is 15.8 Å². The summed E-state index contributed by atoms with van der Waals surface area (Å²) >= 11 is 6.19. The van der Waals surface area contributed by atoms with Crippen molar-refractivity contribution in [1.82, 2.24) is 15.5 Å². The molecule has 2 aromatic rings. The highest BCUT2D eigenvalue weighted by atomic mass is 32.1. The summed E-state index contributed by atoms with van der Waals surface area (Å²) in [4.78, 5) is 14.1. The van der Waals surface area contributed by atoms with Crippen molar-refractivity contribution >= 4 is 40.3 Å². The molecule has 0 radical (unpaired) electrons. The molecule has 0 spiro atoms. The molecule has 1 saturated heterocycles. The SMILES string of the molecule is CC(=S)NC[C@H]1CN(c2ccc(-c3nnc(C(C)(C)N)s3)c(F)c2)C(=O)O1. The molecule has 1 atom stereocenters. The monoisotopic (exact) mass is 409 g/mol. The number of thiocarbonyl (C=S) groups is 1. The fraction of sp³-hybridized carbons (Fsp3) is 0.412. The molecule has 144 valence electrons. The van der Waals surface area contributed by atoms with Crippen molar-refractivity contribution in [3.05, 3.63) is 29.0 Å². The fourth-order valence-corrected chi connectivity index (χ4v) is 3.50. The summed E-state index contributed by atoms with van der Waals surface area (Å²) in [7, 11) is 0. The predicted molar refractivity (Wildman–Crippen MR) is 106 cm³/mol. The highest BCUT2D eigenvalue weighted by Crippen LogP contribution is 2.32. The molecule has 27 heavy (non-hydrogen) atoms. The van der Waals surface area contributed by atoms with Crippen molar-refractivity contribution < 1.29 is 13.9 Å². The maximum atomic E-state index is 14.7. The molecule has 1 amide bonds. The molecule has 7 nitrogen and oxygen atoms in total. The van der Waals surface area contributed by atoms with E-state index in [0.29, 0.717) is 39.3 Å². The number of anilines is 1. The average molecular weight is 410 g/mol. The van der Waals surface area contributed by atoms with Gasteiger partial charge in [-0.25, -0.2) is 9.18 Å². The summed E-state index contributed by atoms with van der Waals surface area (Å²) in [6.45, 7) is 6.11. The van der Waals surface area contributed by atoms with Crippen LogP contribution in [0, 0.1) is 5.82 Å².